The molecule has 1 aliphatic heterocycles. The Morgan fingerprint density at radius 3 is 3.07 bits per heavy atom. The van der Waals surface area contributed by atoms with Gasteiger partial charge < -0.3 is 19.3 Å². The van der Waals surface area contributed by atoms with Gasteiger partial charge in [0.1, 0.15) is 5.76 Å². The molecule has 82 valence electrons. The summed E-state index contributed by atoms with van der Waals surface area (Å²) in [5.74, 6) is 0.791. The third kappa shape index (κ3) is 2.27. The van der Waals surface area contributed by atoms with Crippen LogP contribution in [0.2, 0.25) is 0 Å². The highest BCUT2D eigenvalue weighted by Crippen LogP contribution is 2.11. The Morgan fingerprint density at radius 1 is 1.80 bits per heavy atom. The summed E-state index contributed by atoms with van der Waals surface area (Å²) >= 11 is 0. The number of nitrogens with zero attached hydrogens (tertiary/aromatic N) is 2. The zero-order chi connectivity index (χ0) is 10.8. The minimum Gasteiger partial charge on any atom is -0.465 e. The maximum atomic E-state index is 11.4. The van der Waals surface area contributed by atoms with Gasteiger partial charge in [-0.3, -0.25) is 4.79 Å². The predicted octanol–water partition coefficient (Wildman–Crippen LogP) is -0.435. The van der Waals surface area contributed by atoms with E-state index in [4.69, 9.17) is 14.4 Å². The van der Waals surface area contributed by atoms with Crippen LogP contribution in [0.5, 0.6) is 5.88 Å². The van der Waals surface area contributed by atoms with Crippen molar-refractivity contribution in [2.24, 2.45) is 0 Å². The average Bonchev–Trinajstić information content (AvgIpc) is 2.56. The summed E-state index contributed by atoms with van der Waals surface area (Å²) in [5, 5.41) is 12.6. The van der Waals surface area contributed by atoms with Crippen LogP contribution in [0.4, 0.5) is 0 Å². The topological polar surface area (TPSA) is 75.8 Å². The summed E-state index contributed by atoms with van der Waals surface area (Å²) in [4.78, 5) is 12.9. The molecule has 0 aliphatic carbocycles. The van der Waals surface area contributed by atoms with Crippen molar-refractivity contribution in [1.82, 2.24) is 10.1 Å². The van der Waals surface area contributed by atoms with Crippen LogP contribution in [-0.4, -0.2) is 46.9 Å². The van der Waals surface area contributed by atoms with Crippen molar-refractivity contribution in [3.05, 3.63) is 11.8 Å². The molecule has 1 aliphatic rings. The second kappa shape index (κ2) is 3.90. The molecule has 0 bridgehead atoms. The minimum absolute atomic E-state index is 0.0707. The molecule has 15 heavy (non-hydrogen) atoms. The Bertz CT molecular complexity index is 357. The van der Waals surface area contributed by atoms with Gasteiger partial charge in [-0.25, -0.2) is 0 Å². The zero-order valence-electron chi connectivity index (χ0n) is 8.34. The summed E-state index contributed by atoms with van der Waals surface area (Å²) in [6.07, 6.45) is -0.386. The van der Waals surface area contributed by atoms with Gasteiger partial charge in [-0.05, 0) is 12.1 Å². The summed E-state index contributed by atoms with van der Waals surface area (Å²) in [7, 11) is 0. The summed E-state index contributed by atoms with van der Waals surface area (Å²) in [6.45, 7) is 2.45. The van der Waals surface area contributed by atoms with Crippen molar-refractivity contribution in [1.29, 1.82) is 0 Å². The van der Waals surface area contributed by atoms with Gasteiger partial charge in [0, 0.05) is 19.2 Å². The van der Waals surface area contributed by atoms with E-state index < -0.39 is 0 Å². The number of ether oxygens (including phenoxy) is 1. The smallest absolute Gasteiger partial charge is 0.260 e. The van der Waals surface area contributed by atoms with E-state index in [1.165, 1.54) is 4.90 Å². The van der Waals surface area contributed by atoms with Gasteiger partial charge in [0.15, 0.2) is 6.61 Å². The van der Waals surface area contributed by atoms with Crippen LogP contribution >= 0.6 is 0 Å². The van der Waals surface area contributed by atoms with E-state index >= 15 is 0 Å². The number of aliphatic hydroxyl groups excluding tert-OH is 1. The Hall–Kier alpha value is -1.56. The van der Waals surface area contributed by atoms with Gasteiger partial charge in [-0.1, -0.05) is 0 Å². The molecule has 1 aromatic rings. The number of carbonyl (C=O) groups excluding carboxylic acids is 1. The molecule has 6 nitrogen and oxygen atoms in total. The largest absolute Gasteiger partial charge is 0.465 e. The van der Waals surface area contributed by atoms with Crippen molar-refractivity contribution >= 4 is 5.91 Å². The zero-order valence-corrected chi connectivity index (χ0v) is 8.34. The van der Waals surface area contributed by atoms with Crippen molar-refractivity contribution in [3.63, 3.8) is 0 Å². The monoisotopic (exact) mass is 212 g/mol. The third-order valence-electron chi connectivity index (χ3n) is 2.16. The maximum Gasteiger partial charge on any atom is 0.260 e. The highest BCUT2D eigenvalue weighted by Gasteiger charge is 2.28. The first-order chi connectivity index (χ1) is 7.15. The number of carbonyl (C=O) groups is 1. The molecule has 0 radical (unpaired) electrons. The van der Waals surface area contributed by atoms with Crippen LogP contribution in [0.25, 0.3) is 0 Å². The third-order valence-corrected chi connectivity index (χ3v) is 2.16. The second-order valence-electron chi connectivity index (χ2n) is 3.52. The molecule has 1 amide bonds. The van der Waals surface area contributed by atoms with Crippen LogP contribution in [0.3, 0.4) is 0 Å². The number of hydrogen-bond acceptors (Lipinski definition) is 5. The molecular formula is C9H12N2O4. The Kier molecular flexibility index (Phi) is 2.59. The van der Waals surface area contributed by atoms with Crippen molar-refractivity contribution < 1.29 is 19.2 Å². The molecule has 1 saturated heterocycles. The number of hydrogen-bond donors (Lipinski definition) is 1. The Balaban J connectivity index is 1.76. The molecular weight excluding hydrogens is 200 g/mol. The molecule has 0 atom stereocenters. The van der Waals surface area contributed by atoms with Gasteiger partial charge in [-0.2, -0.15) is 0 Å². The SMILES string of the molecule is Cc1cc(OCC(=O)N2CC(O)C2)no1. The number of amides is 1. The van der Waals surface area contributed by atoms with Gasteiger partial charge in [0.25, 0.3) is 11.8 Å². The fourth-order valence-electron chi connectivity index (χ4n) is 1.30. The number of aliphatic hydroxyl groups is 1. The van der Waals surface area contributed by atoms with E-state index in [-0.39, 0.29) is 18.6 Å². The molecule has 0 saturated carbocycles. The Morgan fingerprint density at radius 2 is 2.53 bits per heavy atom. The van der Waals surface area contributed by atoms with E-state index in [0.29, 0.717) is 24.7 Å². The lowest BCUT2D eigenvalue weighted by Gasteiger charge is -2.35. The van der Waals surface area contributed by atoms with Gasteiger partial charge in [0.2, 0.25) is 0 Å². The number of likely N-dealkylation sites (tertiary alicyclic amines) is 1. The fourth-order valence-corrected chi connectivity index (χ4v) is 1.30. The van der Waals surface area contributed by atoms with Gasteiger partial charge >= 0.3 is 0 Å². The van der Waals surface area contributed by atoms with Gasteiger partial charge in [-0.15, -0.1) is 0 Å². The lowest BCUT2D eigenvalue weighted by atomic mass is 10.2. The van der Waals surface area contributed by atoms with E-state index in [0.717, 1.165) is 0 Å². The maximum absolute atomic E-state index is 11.4. The molecule has 1 N–H and O–H groups in total. The van der Waals surface area contributed by atoms with Crippen LogP contribution in [0.1, 0.15) is 5.76 Å². The summed E-state index contributed by atoms with van der Waals surface area (Å²) in [6, 6.07) is 1.61. The Labute approximate surface area is 86.4 Å². The minimum atomic E-state index is -0.386. The molecule has 2 heterocycles. The first kappa shape index (κ1) is 9.97. The lowest BCUT2D eigenvalue weighted by Crippen LogP contribution is -2.54. The first-order valence-corrected chi connectivity index (χ1v) is 4.67. The molecule has 2 rings (SSSR count). The standard InChI is InChI=1S/C9H12N2O4/c1-6-2-8(10-15-6)14-5-9(13)11-3-7(12)4-11/h2,7,12H,3-5H2,1H3. The summed E-state index contributed by atoms with van der Waals surface area (Å²) in [5.41, 5.74) is 0. The number of rotatable bonds is 3. The van der Waals surface area contributed by atoms with Crippen molar-refractivity contribution in [2.45, 2.75) is 13.0 Å². The average molecular weight is 212 g/mol. The van der Waals surface area contributed by atoms with Crippen molar-refractivity contribution in [3.8, 4) is 5.88 Å². The lowest BCUT2D eigenvalue weighted by molar-refractivity contribution is -0.143. The number of β-amino-alcohol motifs (C(OH)–C–C–N with tert-alkyl or cyclic N) is 1. The van der Waals surface area contributed by atoms with Crippen molar-refractivity contribution in [2.75, 3.05) is 19.7 Å². The quantitative estimate of drug-likeness (QED) is 0.735. The molecule has 0 unspecified atom stereocenters. The first-order valence-electron chi connectivity index (χ1n) is 4.67. The molecule has 6 heteroatoms. The fraction of sp³-hybridized carbons (Fsp3) is 0.556. The highest BCUT2D eigenvalue weighted by molar-refractivity contribution is 5.78. The van der Waals surface area contributed by atoms with Crippen LogP contribution in [0.15, 0.2) is 10.6 Å². The van der Waals surface area contributed by atoms with Crippen LogP contribution in [0, 0.1) is 6.92 Å². The van der Waals surface area contributed by atoms with E-state index in [1.54, 1.807) is 13.0 Å². The number of aromatic nitrogens is 1. The van der Waals surface area contributed by atoms with Crippen LogP contribution < -0.4 is 4.74 Å². The highest BCUT2D eigenvalue weighted by atomic mass is 16.5. The van der Waals surface area contributed by atoms with E-state index in [1.807, 2.05) is 0 Å². The number of aryl methyl sites for hydroxylation is 1. The van der Waals surface area contributed by atoms with E-state index in [2.05, 4.69) is 5.16 Å². The molecule has 0 aromatic carbocycles. The second-order valence-corrected chi connectivity index (χ2v) is 3.52. The van der Waals surface area contributed by atoms with Crippen LogP contribution in [-0.2, 0) is 4.79 Å². The summed E-state index contributed by atoms with van der Waals surface area (Å²) < 4.78 is 9.88. The molecule has 0 spiro atoms. The molecule has 1 aromatic heterocycles. The predicted molar refractivity (Wildman–Crippen MR) is 49.3 cm³/mol. The van der Waals surface area contributed by atoms with E-state index in [9.17, 15) is 4.79 Å². The normalized spacial score (nSPS) is 16.3. The molecule has 1 fully saturated rings. The van der Waals surface area contributed by atoms with Gasteiger partial charge in [0.05, 0.1) is 6.10 Å².